The molecule has 1 fully saturated rings. The summed E-state index contributed by atoms with van der Waals surface area (Å²) in [5.41, 5.74) is 1.57. The van der Waals surface area contributed by atoms with Gasteiger partial charge in [-0.05, 0) is 53.7 Å². The van der Waals surface area contributed by atoms with Gasteiger partial charge in [-0.15, -0.1) is 10.2 Å². The minimum Gasteiger partial charge on any atom is -0.378 e. The van der Waals surface area contributed by atoms with Crippen LogP contribution in [0.25, 0.3) is 6.08 Å². The smallest absolute Gasteiger partial charge is 0.283 e. The summed E-state index contributed by atoms with van der Waals surface area (Å²) < 4.78 is 7.01. The van der Waals surface area contributed by atoms with Crippen molar-refractivity contribution < 1.29 is 14.5 Å². The highest BCUT2D eigenvalue weighted by Crippen LogP contribution is 2.34. The highest BCUT2D eigenvalue weighted by atomic mass is 32.2. The van der Waals surface area contributed by atoms with Crippen molar-refractivity contribution in [3.8, 4) is 6.07 Å². The van der Waals surface area contributed by atoms with Gasteiger partial charge in [-0.1, -0.05) is 6.07 Å². The fourth-order valence-corrected chi connectivity index (χ4v) is 4.26. The van der Waals surface area contributed by atoms with Crippen LogP contribution in [0.5, 0.6) is 0 Å². The van der Waals surface area contributed by atoms with Crippen molar-refractivity contribution in [3.63, 3.8) is 0 Å². The number of nitro groups is 1. The Morgan fingerprint density at radius 3 is 2.63 bits per heavy atom. The third-order valence-corrected chi connectivity index (χ3v) is 6.35. The fourth-order valence-electron chi connectivity index (χ4n) is 3.41. The molecule has 11 nitrogen and oxygen atoms in total. The van der Waals surface area contributed by atoms with Gasteiger partial charge < -0.3 is 19.5 Å². The van der Waals surface area contributed by atoms with Crippen LogP contribution in [0.1, 0.15) is 5.56 Å². The normalized spacial score (nSPS) is 13.8. The Bertz CT molecular complexity index is 1310. The molecule has 178 valence electrons. The molecule has 0 radical (unpaired) electrons. The minimum absolute atomic E-state index is 0.164. The van der Waals surface area contributed by atoms with E-state index in [1.165, 1.54) is 18.5 Å². The van der Waals surface area contributed by atoms with E-state index in [0.29, 0.717) is 34.5 Å². The summed E-state index contributed by atoms with van der Waals surface area (Å²) >= 11 is 1.10. The Balaban J connectivity index is 1.49. The summed E-state index contributed by atoms with van der Waals surface area (Å²) in [6, 6.07) is 13.7. The number of nitrogens with one attached hydrogen (secondary N) is 1. The highest BCUT2D eigenvalue weighted by molar-refractivity contribution is 7.99. The standard InChI is InChI=1S/C23H21N7O4S/c1-28-15-25-27-23(28)35-21-7-2-16(13-20(21)30(32)33)12-17(14-24)22(31)26-18-3-5-19(6-4-18)29-8-10-34-11-9-29/h2-7,12-13,15H,8-11H2,1H3,(H,26,31). The van der Waals surface area contributed by atoms with E-state index in [2.05, 4.69) is 20.4 Å². The molecule has 1 N–H and O–H groups in total. The number of aryl methyl sites for hydroxylation is 1. The first-order chi connectivity index (χ1) is 16.9. The molecule has 2 heterocycles. The molecule has 1 saturated heterocycles. The number of nitriles is 1. The number of anilines is 2. The van der Waals surface area contributed by atoms with E-state index in [0.717, 1.165) is 30.5 Å². The summed E-state index contributed by atoms with van der Waals surface area (Å²) in [4.78, 5) is 26.4. The SMILES string of the molecule is Cn1cnnc1Sc1ccc(C=C(C#N)C(=O)Nc2ccc(N3CCOCC3)cc2)cc1[N+](=O)[O-]. The maximum atomic E-state index is 12.7. The molecule has 4 rings (SSSR count). The molecule has 0 unspecified atom stereocenters. The number of hydrogen-bond donors (Lipinski definition) is 1. The van der Waals surface area contributed by atoms with Crippen molar-refractivity contribution in [1.82, 2.24) is 14.8 Å². The van der Waals surface area contributed by atoms with E-state index in [4.69, 9.17) is 4.74 Å². The van der Waals surface area contributed by atoms with Gasteiger partial charge in [0.25, 0.3) is 11.6 Å². The number of hydrogen-bond acceptors (Lipinski definition) is 9. The quantitative estimate of drug-likeness (QED) is 0.228. The van der Waals surface area contributed by atoms with Gasteiger partial charge >= 0.3 is 0 Å². The molecule has 3 aromatic rings. The van der Waals surface area contributed by atoms with Crippen molar-refractivity contribution >= 4 is 40.8 Å². The lowest BCUT2D eigenvalue weighted by atomic mass is 10.1. The van der Waals surface area contributed by atoms with Crippen molar-refractivity contribution in [2.24, 2.45) is 7.05 Å². The molecule has 1 aliphatic rings. The summed E-state index contributed by atoms with van der Waals surface area (Å²) in [5.74, 6) is -0.605. The number of carbonyl (C=O) groups is 1. The lowest BCUT2D eigenvalue weighted by Gasteiger charge is -2.28. The van der Waals surface area contributed by atoms with Gasteiger partial charge in [0.15, 0.2) is 5.16 Å². The van der Waals surface area contributed by atoms with E-state index in [9.17, 15) is 20.2 Å². The molecule has 0 spiro atoms. The van der Waals surface area contributed by atoms with Gasteiger partial charge in [0.2, 0.25) is 0 Å². The molecule has 0 saturated carbocycles. The number of nitro benzene ring substituents is 1. The molecule has 0 aliphatic carbocycles. The van der Waals surface area contributed by atoms with Crippen molar-refractivity contribution in [2.75, 3.05) is 36.5 Å². The largest absolute Gasteiger partial charge is 0.378 e. The number of rotatable bonds is 7. The molecule has 0 bridgehead atoms. The maximum absolute atomic E-state index is 12.7. The zero-order chi connectivity index (χ0) is 24.8. The highest BCUT2D eigenvalue weighted by Gasteiger charge is 2.19. The predicted molar refractivity (Wildman–Crippen MR) is 130 cm³/mol. The fraction of sp³-hybridized carbons (Fsp3) is 0.217. The van der Waals surface area contributed by atoms with E-state index in [1.54, 1.807) is 35.9 Å². The van der Waals surface area contributed by atoms with Crippen molar-refractivity contribution in [1.29, 1.82) is 5.26 Å². The van der Waals surface area contributed by atoms with E-state index < -0.39 is 10.8 Å². The molecule has 2 aromatic carbocycles. The number of nitrogens with zero attached hydrogens (tertiary/aromatic N) is 6. The summed E-state index contributed by atoms with van der Waals surface area (Å²) in [7, 11) is 1.74. The van der Waals surface area contributed by atoms with Crippen LogP contribution in [0, 0.1) is 21.4 Å². The van der Waals surface area contributed by atoms with Crippen LogP contribution < -0.4 is 10.2 Å². The Hall–Kier alpha value is -4.21. The first-order valence-electron chi connectivity index (χ1n) is 10.6. The van der Waals surface area contributed by atoms with Crippen LogP contribution in [0.4, 0.5) is 17.1 Å². The second-order valence-electron chi connectivity index (χ2n) is 7.58. The second-order valence-corrected chi connectivity index (χ2v) is 8.59. The number of aromatic nitrogens is 3. The Morgan fingerprint density at radius 1 is 1.26 bits per heavy atom. The number of morpholine rings is 1. The van der Waals surface area contributed by atoms with Crippen LogP contribution in [0.15, 0.2) is 64.4 Å². The van der Waals surface area contributed by atoms with Crippen molar-refractivity contribution in [2.45, 2.75) is 10.1 Å². The number of carbonyl (C=O) groups excluding carboxylic acids is 1. The molecular weight excluding hydrogens is 470 g/mol. The Labute approximate surface area is 205 Å². The van der Waals surface area contributed by atoms with Gasteiger partial charge in [0, 0.05) is 37.6 Å². The first kappa shape index (κ1) is 23.9. The molecule has 1 aliphatic heterocycles. The van der Waals surface area contributed by atoms with Gasteiger partial charge in [-0.25, -0.2) is 0 Å². The zero-order valence-electron chi connectivity index (χ0n) is 18.7. The zero-order valence-corrected chi connectivity index (χ0v) is 19.6. The van der Waals surface area contributed by atoms with Gasteiger partial charge in [0.05, 0.1) is 23.0 Å². The maximum Gasteiger partial charge on any atom is 0.283 e. The average Bonchev–Trinajstić information content (AvgIpc) is 3.28. The first-order valence-corrected chi connectivity index (χ1v) is 11.4. The van der Waals surface area contributed by atoms with E-state index >= 15 is 0 Å². The average molecular weight is 492 g/mol. The van der Waals surface area contributed by atoms with Crippen LogP contribution in [0.2, 0.25) is 0 Å². The number of benzene rings is 2. The Morgan fingerprint density at radius 2 is 2.00 bits per heavy atom. The summed E-state index contributed by atoms with van der Waals surface area (Å²) in [6.07, 6.45) is 2.82. The molecule has 35 heavy (non-hydrogen) atoms. The molecule has 1 aromatic heterocycles. The van der Waals surface area contributed by atoms with Crippen LogP contribution in [-0.2, 0) is 16.6 Å². The third-order valence-electron chi connectivity index (χ3n) is 5.23. The van der Waals surface area contributed by atoms with E-state index in [-0.39, 0.29) is 11.3 Å². The molecule has 1 amide bonds. The van der Waals surface area contributed by atoms with Gasteiger partial charge in [-0.3, -0.25) is 14.9 Å². The van der Waals surface area contributed by atoms with Crippen LogP contribution >= 0.6 is 11.8 Å². The summed E-state index contributed by atoms with van der Waals surface area (Å²) in [6.45, 7) is 2.95. The van der Waals surface area contributed by atoms with Crippen molar-refractivity contribution in [3.05, 3.63) is 70.0 Å². The molecular formula is C23H21N7O4S. The van der Waals surface area contributed by atoms with Gasteiger partial charge in [-0.2, -0.15) is 5.26 Å². The predicted octanol–water partition coefficient (Wildman–Crippen LogP) is 3.26. The minimum atomic E-state index is -0.605. The van der Waals surface area contributed by atoms with Crippen LogP contribution in [0.3, 0.4) is 0 Å². The summed E-state index contributed by atoms with van der Waals surface area (Å²) in [5, 5.41) is 32.1. The lowest BCUT2D eigenvalue weighted by Crippen LogP contribution is -2.36. The lowest BCUT2D eigenvalue weighted by molar-refractivity contribution is -0.387. The molecule has 12 heteroatoms. The topological polar surface area (TPSA) is 139 Å². The second kappa shape index (κ2) is 10.8. The van der Waals surface area contributed by atoms with E-state index in [1.807, 2.05) is 18.2 Å². The Kier molecular flexibility index (Phi) is 7.39. The monoisotopic (exact) mass is 491 g/mol. The number of ether oxygens (including phenoxy) is 1. The number of amides is 1. The molecule has 0 atom stereocenters. The third kappa shape index (κ3) is 5.84. The van der Waals surface area contributed by atoms with Gasteiger partial charge in [0.1, 0.15) is 18.0 Å². The van der Waals surface area contributed by atoms with Crippen LogP contribution in [-0.4, -0.2) is 51.9 Å².